The van der Waals surface area contributed by atoms with Crippen molar-refractivity contribution in [2.45, 2.75) is 19.8 Å². The lowest BCUT2D eigenvalue weighted by Gasteiger charge is -2.19. The minimum absolute atomic E-state index is 0.251. The molecule has 1 aromatic heterocycles. The van der Waals surface area contributed by atoms with E-state index in [4.69, 9.17) is 15.2 Å². The van der Waals surface area contributed by atoms with Gasteiger partial charge in [0.1, 0.15) is 19.0 Å². The molecule has 0 unspecified atom stereocenters. The van der Waals surface area contributed by atoms with Gasteiger partial charge < -0.3 is 15.2 Å². The van der Waals surface area contributed by atoms with E-state index in [0.29, 0.717) is 24.9 Å². The van der Waals surface area contributed by atoms with Crippen molar-refractivity contribution in [3.8, 4) is 22.9 Å². The normalized spacial score (nSPS) is 13.5. The number of nitrogens with two attached hydrogens (primary N) is 1. The van der Waals surface area contributed by atoms with Gasteiger partial charge in [-0.25, -0.2) is 9.97 Å². The number of benzene rings is 1. The standard InChI is InChI=1S/C15H16BrN3O2/c1-8(2)13-12(16)14(17)19-15(18-13)9-3-4-10-11(7-9)21-6-5-20-10/h3-4,7-8H,5-6H2,1-2H3,(H2,17,18,19). The molecule has 0 saturated heterocycles. The van der Waals surface area contributed by atoms with Crippen molar-refractivity contribution >= 4 is 21.7 Å². The van der Waals surface area contributed by atoms with Crippen LogP contribution in [-0.2, 0) is 0 Å². The van der Waals surface area contributed by atoms with Crippen LogP contribution in [-0.4, -0.2) is 23.2 Å². The average molecular weight is 350 g/mol. The Morgan fingerprint density at radius 3 is 2.57 bits per heavy atom. The molecule has 0 bridgehead atoms. The molecule has 3 rings (SSSR count). The van der Waals surface area contributed by atoms with Gasteiger partial charge in [0.25, 0.3) is 0 Å². The number of halogens is 1. The molecule has 5 nitrogen and oxygen atoms in total. The highest BCUT2D eigenvalue weighted by molar-refractivity contribution is 9.10. The van der Waals surface area contributed by atoms with E-state index in [9.17, 15) is 0 Å². The smallest absolute Gasteiger partial charge is 0.162 e. The summed E-state index contributed by atoms with van der Waals surface area (Å²) in [7, 11) is 0. The Labute approximate surface area is 131 Å². The topological polar surface area (TPSA) is 70.3 Å². The van der Waals surface area contributed by atoms with Crippen LogP contribution in [0.4, 0.5) is 5.82 Å². The third-order valence-corrected chi connectivity index (χ3v) is 4.06. The molecular weight excluding hydrogens is 334 g/mol. The molecule has 2 aromatic rings. The first-order valence-corrected chi connectivity index (χ1v) is 7.58. The summed E-state index contributed by atoms with van der Waals surface area (Å²) in [4.78, 5) is 8.98. The maximum Gasteiger partial charge on any atom is 0.162 e. The highest BCUT2D eigenvalue weighted by Crippen LogP contribution is 2.35. The molecular formula is C15H16BrN3O2. The van der Waals surface area contributed by atoms with Gasteiger partial charge in [-0.15, -0.1) is 0 Å². The molecule has 0 radical (unpaired) electrons. The molecule has 0 saturated carbocycles. The van der Waals surface area contributed by atoms with Crippen molar-refractivity contribution in [1.82, 2.24) is 9.97 Å². The Morgan fingerprint density at radius 2 is 1.86 bits per heavy atom. The molecule has 2 N–H and O–H groups in total. The van der Waals surface area contributed by atoms with Crippen LogP contribution in [0.5, 0.6) is 11.5 Å². The first-order chi connectivity index (χ1) is 10.1. The van der Waals surface area contributed by atoms with Gasteiger partial charge in [0, 0.05) is 5.56 Å². The molecule has 0 amide bonds. The van der Waals surface area contributed by atoms with E-state index in [1.165, 1.54) is 0 Å². The molecule has 0 spiro atoms. The van der Waals surface area contributed by atoms with E-state index < -0.39 is 0 Å². The highest BCUT2D eigenvalue weighted by Gasteiger charge is 2.17. The maximum absolute atomic E-state index is 5.98. The van der Waals surface area contributed by atoms with Crippen LogP contribution in [0.15, 0.2) is 22.7 Å². The number of rotatable bonds is 2. The number of hydrogen-bond acceptors (Lipinski definition) is 5. The number of nitrogens with zero attached hydrogens (tertiary/aromatic N) is 2. The summed E-state index contributed by atoms with van der Waals surface area (Å²) in [5.74, 6) is 2.75. The number of hydrogen-bond donors (Lipinski definition) is 1. The van der Waals surface area contributed by atoms with Crippen LogP contribution in [0.2, 0.25) is 0 Å². The molecule has 6 heteroatoms. The fraction of sp³-hybridized carbons (Fsp3) is 0.333. The van der Waals surface area contributed by atoms with Crippen LogP contribution in [0, 0.1) is 0 Å². The number of aromatic nitrogens is 2. The Balaban J connectivity index is 2.08. The van der Waals surface area contributed by atoms with E-state index in [1.54, 1.807) is 0 Å². The van der Waals surface area contributed by atoms with E-state index in [1.807, 2.05) is 18.2 Å². The number of fused-ring (bicyclic) bond motifs is 1. The largest absolute Gasteiger partial charge is 0.486 e. The first kappa shape index (κ1) is 14.1. The van der Waals surface area contributed by atoms with Gasteiger partial charge in [-0.3, -0.25) is 0 Å². The Morgan fingerprint density at radius 1 is 1.14 bits per heavy atom. The molecule has 21 heavy (non-hydrogen) atoms. The minimum Gasteiger partial charge on any atom is -0.486 e. The summed E-state index contributed by atoms with van der Waals surface area (Å²) in [5.41, 5.74) is 7.74. The fourth-order valence-electron chi connectivity index (χ4n) is 2.18. The van der Waals surface area contributed by atoms with Crippen molar-refractivity contribution in [3.63, 3.8) is 0 Å². The van der Waals surface area contributed by atoms with Crippen LogP contribution in [0.3, 0.4) is 0 Å². The minimum atomic E-state index is 0.251. The molecule has 2 heterocycles. The molecule has 0 atom stereocenters. The molecule has 0 fully saturated rings. The molecule has 1 aromatic carbocycles. The summed E-state index contributed by atoms with van der Waals surface area (Å²) in [6.07, 6.45) is 0. The summed E-state index contributed by atoms with van der Waals surface area (Å²) >= 11 is 3.45. The van der Waals surface area contributed by atoms with Gasteiger partial charge >= 0.3 is 0 Å². The van der Waals surface area contributed by atoms with Gasteiger partial charge in [-0.05, 0) is 40.0 Å². The molecule has 0 aliphatic carbocycles. The fourth-order valence-corrected chi connectivity index (χ4v) is 2.81. The third-order valence-electron chi connectivity index (χ3n) is 3.25. The third kappa shape index (κ3) is 2.68. The second kappa shape index (κ2) is 5.52. The Kier molecular flexibility index (Phi) is 3.71. The van der Waals surface area contributed by atoms with Gasteiger partial charge in [0.05, 0.1) is 10.2 Å². The van der Waals surface area contributed by atoms with Crippen molar-refractivity contribution in [2.75, 3.05) is 18.9 Å². The summed E-state index contributed by atoms with van der Waals surface area (Å²) < 4.78 is 11.9. The highest BCUT2D eigenvalue weighted by atomic mass is 79.9. The average Bonchev–Trinajstić information content (AvgIpc) is 2.49. The Bertz CT molecular complexity index is 689. The van der Waals surface area contributed by atoms with Crippen molar-refractivity contribution < 1.29 is 9.47 Å². The van der Waals surface area contributed by atoms with Crippen LogP contribution >= 0.6 is 15.9 Å². The van der Waals surface area contributed by atoms with Gasteiger partial charge in [-0.2, -0.15) is 0 Å². The first-order valence-electron chi connectivity index (χ1n) is 6.79. The van der Waals surface area contributed by atoms with Crippen molar-refractivity contribution in [3.05, 3.63) is 28.4 Å². The number of nitrogen functional groups attached to an aromatic ring is 1. The number of anilines is 1. The summed E-state index contributed by atoms with van der Waals surface area (Å²) in [6, 6.07) is 5.68. The van der Waals surface area contributed by atoms with Gasteiger partial charge in [-0.1, -0.05) is 13.8 Å². The quantitative estimate of drug-likeness (QED) is 0.899. The predicted octanol–water partition coefficient (Wildman–Crippen LogP) is 3.38. The van der Waals surface area contributed by atoms with E-state index >= 15 is 0 Å². The lowest BCUT2D eigenvalue weighted by molar-refractivity contribution is 0.171. The zero-order chi connectivity index (χ0) is 15.0. The van der Waals surface area contributed by atoms with Crippen molar-refractivity contribution in [2.24, 2.45) is 0 Å². The summed E-state index contributed by atoms with van der Waals surface area (Å²) in [6.45, 7) is 5.27. The maximum atomic E-state index is 5.98. The van der Waals surface area contributed by atoms with Crippen LogP contribution < -0.4 is 15.2 Å². The zero-order valence-corrected chi connectivity index (χ0v) is 13.5. The second-order valence-electron chi connectivity index (χ2n) is 5.14. The molecule has 1 aliphatic rings. The molecule has 110 valence electrons. The van der Waals surface area contributed by atoms with Crippen LogP contribution in [0.25, 0.3) is 11.4 Å². The van der Waals surface area contributed by atoms with E-state index in [-0.39, 0.29) is 5.92 Å². The zero-order valence-electron chi connectivity index (χ0n) is 11.9. The predicted molar refractivity (Wildman–Crippen MR) is 84.7 cm³/mol. The summed E-state index contributed by atoms with van der Waals surface area (Å²) in [5, 5.41) is 0. The molecule has 1 aliphatic heterocycles. The second-order valence-corrected chi connectivity index (χ2v) is 5.94. The van der Waals surface area contributed by atoms with E-state index in [0.717, 1.165) is 27.2 Å². The Hall–Kier alpha value is -1.82. The lowest BCUT2D eigenvalue weighted by atomic mass is 10.1. The SMILES string of the molecule is CC(C)c1nc(-c2ccc3c(c2)OCCO3)nc(N)c1Br. The van der Waals surface area contributed by atoms with E-state index in [2.05, 4.69) is 39.7 Å². The number of ether oxygens (including phenoxy) is 2. The monoisotopic (exact) mass is 349 g/mol. The van der Waals surface area contributed by atoms with Crippen molar-refractivity contribution in [1.29, 1.82) is 0 Å². The van der Waals surface area contributed by atoms with Gasteiger partial charge in [0.15, 0.2) is 17.3 Å². The van der Waals surface area contributed by atoms with Gasteiger partial charge in [0.2, 0.25) is 0 Å². The lowest BCUT2D eigenvalue weighted by Crippen LogP contribution is -2.15. The van der Waals surface area contributed by atoms with Crippen LogP contribution in [0.1, 0.15) is 25.5 Å².